The van der Waals surface area contributed by atoms with Gasteiger partial charge in [0.05, 0.1) is 10.5 Å². The molecular weight excluding hydrogens is 380 g/mol. The average Bonchev–Trinajstić information content (AvgIpc) is 2.64. The van der Waals surface area contributed by atoms with Crippen LogP contribution in [0.3, 0.4) is 0 Å². The highest BCUT2D eigenvalue weighted by atomic mass is 79.9. The van der Waals surface area contributed by atoms with E-state index in [1.807, 2.05) is 60.7 Å². The number of hydrogen-bond donors (Lipinski definition) is 2. The topological polar surface area (TPSA) is 66.9 Å². The molecule has 0 spiro atoms. The molecule has 126 valence electrons. The molecule has 0 aliphatic carbocycles. The van der Waals surface area contributed by atoms with Crippen molar-refractivity contribution in [3.8, 4) is 11.3 Å². The SMILES string of the molecule is CC(Br)C(=O)Nc1ccc(Nc2cc(-c3ccccc3)ncn2)cc1. The Balaban J connectivity index is 1.71. The number of anilines is 3. The number of hydrogen-bond acceptors (Lipinski definition) is 4. The van der Waals surface area contributed by atoms with Crippen LogP contribution in [0.1, 0.15) is 6.92 Å². The minimum absolute atomic E-state index is 0.0796. The molecule has 5 nitrogen and oxygen atoms in total. The van der Waals surface area contributed by atoms with Gasteiger partial charge < -0.3 is 10.6 Å². The van der Waals surface area contributed by atoms with Crippen molar-refractivity contribution in [2.75, 3.05) is 10.6 Å². The van der Waals surface area contributed by atoms with Crippen molar-refractivity contribution >= 4 is 39.0 Å². The lowest BCUT2D eigenvalue weighted by molar-refractivity contribution is -0.115. The molecule has 0 aliphatic rings. The normalized spacial score (nSPS) is 11.6. The lowest BCUT2D eigenvalue weighted by Gasteiger charge is -2.09. The zero-order valence-corrected chi connectivity index (χ0v) is 15.2. The first-order valence-electron chi connectivity index (χ1n) is 7.81. The summed E-state index contributed by atoms with van der Waals surface area (Å²) in [6, 6.07) is 19.3. The number of carbonyl (C=O) groups is 1. The van der Waals surface area contributed by atoms with Crippen molar-refractivity contribution in [2.45, 2.75) is 11.8 Å². The molecule has 0 fully saturated rings. The quantitative estimate of drug-likeness (QED) is 0.617. The largest absolute Gasteiger partial charge is 0.340 e. The molecule has 1 unspecified atom stereocenters. The third kappa shape index (κ3) is 4.64. The fourth-order valence-electron chi connectivity index (χ4n) is 2.22. The number of halogens is 1. The van der Waals surface area contributed by atoms with Gasteiger partial charge in [-0.3, -0.25) is 4.79 Å². The number of benzene rings is 2. The van der Waals surface area contributed by atoms with Crippen LogP contribution in [0.2, 0.25) is 0 Å². The summed E-state index contributed by atoms with van der Waals surface area (Å²) in [5.41, 5.74) is 3.51. The molecule has 1 aromatic heterocycles. The molecule has 0 saturated heterocycles. The van der Waals surface area contributed by atoms with Gasteiger partial charge in [-0.25, -0.2) is 9.97 Å². The van der Waals surface area contributed by atoms with Crippen LogP contribution >= 0.6 is 15.9 Å². The van der Waals surface area contributed by atoms with Crippen LogP contribution in [0, 0.1) is 0 Å². The van der Waals surface area contributed by atoms with Crippen LogP contribution in [-0.2, 0) is 4.79 Å². The molecule has 6 heteroatoms. The van der Waals surface area contributed by atoms with E-state index >= 15 is 0 Å². The van der Waals surface area contributed by atoms with Crippen molar-refractivity contribution in [1.82, 2.24) is 9.97 Å². The number of amides is 1. The van der Waals surface area contributed by atoms with E-state index in [2.05, 4.69) is 36.5 Å². The van der Waals surface area contributed by atoms with Gasteiger partial charge in [-0.05, 0) is 31.2 Å². The fourth-order valence-corrected chi connectivity index (χ4v) is 2.33. The van der Waals surface area contributed by atoms with E-state index in [4.69, 9.17) is 0 Å². The Morgan fingerprint density at radius 1 is 1.00 bits per heavy atom. The van der Waals surface area contributed by atoms with Crippen molar-refractivity contribution in [3.63, 3.8) is 0 Å². The molecule has 1 amide bonds. The summed E-state index contributed by atoms with van der Waals surface area (Å²) < 4.78 is 0. The molecule has 0 aliphatic heterocycles. The number of nitrogens with zero attached hydrogens (tertiary/aromatic N) is 2. The highest BCUT2D eigenvalue weighted by Crippen LogP contribution is 2.22. The molecule has 0 radical (unpaired) electrons. The third-order valence-corrected chi connectivity index (χ3v) is 3.94. The van der Waals surface area contributed by atoms with E-state index in [0.29, 0.717) is 5.82 Å². The highest BCUT2D eigenvalue weighted by molar-refractivity contribution is 9.10. The zero-order chi connectivity index (χ0) is 17.6. The first kappa shape index (κ1) is 17.1. The lowest BCUT2D eigenvalue weighted by atomic mass is 10.1. The smallest absolute Gasteiger partial charge is 0.237 e. The van der Waals surface area contributed by atoms with E-state index in [9.17, 15) is 4.79 Å². The van der Waals surface area contributed by atoms with Gasteiger partial charge in [0.25, 0.3) is 0 Å². The highest BCUT2D eigenvalue weighted by Gasteiger charge is 2.08. The van der Waals surface area contributed by atoms with Gasteiger partial charge in [0.2, 0.25) is 5.91 Å². The van der Waals surface area contributed by atoms with Gasteiger partial charge in [0.1, 0.15) is 12.1 Å². The van der Waals surface area contributed by atoms with Crippen LogP contribution in [0.15, 0.2) is 67.0 Å². The first-order valence-corrected chi connectivity index (χ1v) is 8.73. The average molecular weight is 397 g/mol. The molecule has 0 saturated carbocycles. The summed E-state index contributed by atoms with van der Waals surface area (Å²) in [4.78, 5) is 20.0. The maximum absolute atomic E-state index is 11.7. The van der Waals surface area contributed by atoms with Crippen molar-refractivity contribution < 1.29 is 4.79 Å². The van der Waals surface area contributed by atoms with Crippen LogP contribution < -0.4 is 10.6 Å². The number of rotatable bonds is 5. The second-order valence-electron chi connectivity index (χ2n) is 5.46. The third-order valence-electron chi connectivity index (χ3n) is 3.52. The fraction of sp³-hybridized carbons (Fsp3) is 0.105. The zero-order valence-electron chi connectivity index (χ0n) is 13.6. The van der Waals surface area contributed by atoms with Crippen LogP contribution in [0.5, 0.6) is 0 Å². The Morgan fingerprint density at radius 2 is 1.68 bits per heavy atom. The minimum Gasteiger partial charge on any atom is -0.340 e. The standard InChI is InChI=1S/C19H17BrN4O/c1-13(20)19(25)24-16-9-7-15(8-10-16)23-18-11-17(21-12-22-18)14-5-3-2-4-6-14/h2-13H,1H3,(H,24,25)(H,21,22,23). The molecule has 0 bridgehead atoms. The van der Waals surface area contributed by atoms with Gasteiger partial charge in [-0.15, -0.1) is 0 Å². The van der Waals surface area contributed by atoms with Crippen molar-refractivity contribution in [2.24, 2.45) is 0 Å². The first-order chi connectivity index (χ1) is 12.1. The van der Waals surface area contributed by atoms with Gasteiger partial charge in [0, 0.05) is 23.0 Å². The Morgan fingerprint density at radius 3 is 2.36 bits per heavy atom. The molecule has 2 aromatic carbocycles. The lowest BCUT2D eigenvalue weighted by Crippen LogP contribution is -2.19. The predicted molar refractivity (Wildman–Crippen MR) is 104 cm³/mol. The number of nitrogens with one attached hydrogen (secondary N) is 2. The van der Waals surface area contributed by atoms with Gasteiger partial charge in [-0.2, -0.15) is 0 Å². The Labute approximate surface area is 154 Å². The summed E-state index contributed by atoms with van der Waals surface area (Å²) in [6.45, 7) is 1.78. The molecule has 1 heterocycles. The summed E-state index contributed by atoms with van der Waals surface area (Å²) in [6.07, 6.45) is 1.54. The molecular formula is C19H17BrN4O. The van der Waals surface area contributed by atoms with Crippen molar-refractivity contribution in [3.05, 3.63) is 67.0 Å². The van der Waals surface area contributed by atoms with Crippen LogP contribution in [0.4, 0.5) is 17.2 Å². The Kier molecular flexibility index (Phi) is 5.40. The van der Waals surface area contributed by atoms with E-state index in [0.717, 1.165) is 22.6 Å². The molecule has 1 atom stereocenters. The summed E-state index contributed by atoms with van der Waals surface area (Å²) in [5, 5.41) is 6.07. The Hall–Kier alpha value is -2.73. The van der Waals surface area contributed by atoms with Crippen molar-refractivity contribution in [1.29, 1.82) is 0 Å². The predicted octanol–water partition coefficient (Wildman–Crippen LogP) is 4.61. The van der Waals surface area contributed by atoms with E-state index in [1.165, 1.54) is 6.33 Å². The molecule has 2 N–H and O–H groups in total. The van der Waals surface area contributed by atoms with Gasteiger partial charge in [0.15, 0.2) is 0 Å². The second kappa shape index (κ2) is 7.90. The molecule has 25 heavy (non-hydrogen) atoms. The monoisotopic (exact) mass is 396 g/mol. The van der Waals surface area contributed by atoms with Gasteiger partial charge >= 0.3 is 0 Å². The number of alkyl halides is 1. The van der Waals surface area contributed by atoms with Crippen LogP contribution in [-0.4, -0.2) is 20.7 Å². The molecule has 3 rings (SSSR count). The van der Waals surface area contributed by atoms with Gasteiger partial charge in [-0.1, -0.05) is 46.3 Å². The summed E-state index contributed by atoms with van der Waals surface area (Å²) in [5.74, 6) is 0.628. The summed E-state index contributed by atoms with van der Waals surface area (Å²) in [7, 11) is 0. The summed E-state index contributed by atoms with van der Waals surface area (Å²) >= 11 is 3.24. The van der Waals surface area contributed by atoms with E-state index in [-0.39, 0.29) is 10.7 Å². The number of carbonyl (C=O) groups excluding carboxylic acids is 1. The van der Waals surface area contributed by atoms with Crippen LogP contribution in [0.25, 0.3) is 11.3 Å². The second-order valence-corrected chi connectivity index (χ2v) is 6.84. The maximum atomic E-state index is 11.7. The minimum atomic E-state index is -0.234. The number of aromatic nitrogens is 2. The molecule has 3 aromatic rings. The Bertz CT molecular complexity index is 851. The van der Waals surface area contributed by atoms with E-state index in [1.54, 1.807) is 6.92 Å². The maximum Gasteiger partial charge on any atom is 0.237 e. The van der Waals surface area contributed by atoms with E-state index < -0.39 is 0 Å².